The second kappa shape index (κ2) is 10.3. The van der Waals surface area contributed by atoms with Crippen molar-refractivity contribution in [1.82, 2.24) is 19.6 Å². The summed E-state index contributed by atoms with van der Waals surface area (Å²) in [5, 5.41) is 4.68. The summed E-state index contributed by atoms with van der Waals surface area (Å²) in [7, 11) is 3.82. The lowest BCUT2D eigenvalue weighted by molar-refractivity contribution is 0.0776. The first-order valence-corrected chi connectivity index (χ1v) is 12.8. The number of anilines is 1. The monoisotopic (exact) mass is 485 g/mol. The van der Waals surface area contributed by atoms with Crippen molar-refractivity contribution in [2.24, 2.45) is 7.05 Å². The number of aromatic nitrogens is 2. The molecule has 36 heavy (non-hydrogen) atoms. The van der Waals surface area contributed by atoms with E-state index in [1.54, 1.807) is 11.8 Å². The SMILES string of the molecule is CC(=O)c1ccc(N2CCN([C@H]3CCc4c(c(C(=O)N(C)Cc5ccccc5)nn4C)C3)CC2)cc1. The van der Waals surface area contributed by atoms with Crippen molar-refractivity contribution in [3.63, 3.8) is 0 Å². The molecule has 0 N–H and O–H groups in total. The first-order chi connectivity index (χ1) is 17.4. The number of ketones is 1. The van der Waals surface area contributed by atoms with Gasteiger partial charge in [-0.25, -0.2) is 0 Å². The van der Waals surface area contributed by atoms with Crippen molar-refractivity contribution in [2.75, 3.05) is 38.1 Å². The molecule has 3 aromatic rings. The zero-order chi connectivity index (χ0) is 25.2. The molecule has 2 heterocycles. The summed E-state index contributed by atoms with van der Waals surface area (Å²) in [6, 6.07) is 18.5. The molecule has 0 saturated carbocycles. The number of Topliss-reactive ketones (excluding diaryl/α,β-unsaturated/α-hetero) is 1. The van der Waals surface area contributed by atoms with Crippen molar-refractivity contribution in [1.29, 1.82) is 0 Å². The number of carbonyl (C=O) groups is 2. The zero-order valence-electron chi connectivity index (χ0n) is 21.5. The molecule has 2 aliphatic rings. The van der Waals surface area contributed by atoms with E-state index in [-0.39, 0.29) is 11.7 Å². The Morgan fingerprint density at radius 2 is 1.69 bits per heavy atom. The van der Waals surface area contributed by atoms with Crippen molar-refractivity contribution < 1.29 is 9.59 Å². The van der Waals surface area contributed by atoms with E-state index in [2.05, 4.69) is 27.0 Å². The molecule has 0 unspecified atom stereocenters. The summed E-state index contributed by atoms with van der Waals surface area (Å²) in [6.07, 6.45) is 2.91. The fraction of sp³-hybridized carbons (Fsp3) is 0.414. The second-order valence-corrected chi connectivity index (χ2v) is 10.1. The summed E-state index contributed by atoms with van der Waals surface area (Å²) in [5.41, 5.74) is 5.98. The summed E-state index contributed by atoms with van der Waals surface area (Å²) in [6.45, 7) is 6.08. The molecule has 5 rings (SSSR count). The fourth-order valence-corrected chi connectivity index (χ4v) is 5.62. The van der Waals surface area contributed by atoms with Crippen LogP contribution < -0.4 is 4.90 Å². The molecule has 7 nitrogen and oxygen atoms in total. The maximum Gasteiger partial charge on any atom is 0.274 e. The molecule has 1 amide bonds. The van der Waals surface area contributed by atoms with Crippen molar-refractivity contribution in [3.8, 4) is 0 Å². The van der Waals surface area contributed by atoms with Gasteiger partial charge in [-0.05, 0) is 56.0 Å². The van der Waals surface area contributed by atoms with Gasteiger partial charge in [-0.3, -0.25) is 19.2 Å². The summed E-state index contributed by atoms with van der Waals surface area (Å²) < 4.78 is 1.91. The number of piperazine rings is 1. The molecule has 0 spiro atoms. The van der Waals surface area contributed by atoms with Crippen LogP contribution in [-0.4, -0.2) is 70.5 Å². The van der Waals surface area contributed by atoms with E-state index >= 15 is 0 Å². The van der Waals surface area contributed by atoms with Gasteiger partial charge in [-0.1, -0.05) is 30.3 Å². The van der Waals surface area contributed by atoms with Gasteiger partial charge >= 0.3 is 0 Å². The van der Waals surface area contributed by atoms with Crippen LogP contribution in [0.5, 0.6) is 0 Å². The number of carbonyl (C=O) groups excluding carboxylic acids is 2. The van der Waals surface area contributed by atoms with Gasteiger partial charge in [-0.2, -0.15) is 5.10 Å². The summed E-state index contributed by atoms with van der Waals surface area (Å²) in [4.78, 5) is 31.7. The first kappa shape index (κ1) is 24.3. The van der Waals surface area contributed by atoms with E-state index in [9.17, 15) is 9.59 Å². The van der Waals surface area contributed by atoms with Crippen LogP contribution in [0.4, 0.5) is 5.69 Å². The van der Waals surface area contributed by atoms with E-state index < -0.39 is 0 Å². The predicted molar refractivity (Wildman–Crippen MR) is 141 cm³/mol. The summed E-state index contributed by atoms with van der Waals surface area (Å²) in [5.74, 6) is 0.0951. The highest BCUT2D eigenvalue weighted by Gasteiger charge is 2.33. The molecule has 1 aliphatic carbocycles. The third-order valence-electron chi connectivity index (χ3n) is 7.71. The highest BCUT2D eigenvalue weighted by Crippen LogP contribution is 2.29. The lowest BCUT2D eigenvalue weighted by Gasteiger charge is -2.41. The number of amides is 1. The van der Waals surface area contributed by atoms with Gasteiger partial charge in [0.25, 0.3) is 5.91 Å². The third-order valence-corrected chi connectivity index (χ3v) is 7.71. The Morgan fingerprint density at radius 3 is 2.36 bits per heavy atom. The number of hydrogen-bond acceptors (Lipinski definition) is 5. The average molecular weight is 486 g/mol. The molecule has 0 radical (unpaired) electrons. The lowest BCUT2D eigenvalue weighted by Crippen LogP contribution is -2.52. The number of rotatable bonds is 6. The maximum absolute atomic E-state index is 13.4. The minimum absolute atomic E-state index is 0.00446. The van der Waals surface area contributed by atoms with Crippen molar-refractivity contribution in [2.45, 2.75) is 38.8 Å². The van der Waals surface area contributed by atoms with Crippen LogP contribution in [-0.2, 0) is 26.4 Å². The summed E-state index contributed by atoms with van der Waals surface area (Å²) >= 11 is 0. The van der Waals surface area contributed by atoms with Gasteiger partial charge < -0.3 is 9.80 Å². The molecular formula is C29H35N5O2. The molecule has 1 saturated heterocycles. The fourth-order valence-electron chi connectivity index (χ4n) is 5.62. The van der Waals surface area contributed by atoms with Crippen molar-refractivity contribution >= 4 is 17.4 Å². The topological polar surface area (TPSA) is 61.7 Å². The number of hydrogen-bond donors (Lipinski definition) is 0. The van der Waals surface area contributed by atoms with Crippen LogP contribution in [0, 0.1) is 0 Å². The Hall–Kier alpha value is -3.45. The number of benzene rings is 2. The molecule has 7 heteroatoms. The predicted octanol–water partition coefficient (Wildman–Crippen LogP) is 3.57. The van der Waals surface area contributed by atoms with Crippen LogP contribution in [0.15, 0.2) is 54.6 Å². The van der Waals surface area contributed by atoms with Gasteiger partial charge in [0.15, 0.2) is 11.5 Å². The highest BCUT2D eigenvalue weighted by atomic mass is 16.2. The molecular weight excluding hydrogens is 450 g/mol. The molecule has 1 aromatic heterocycles. The minimum Gasteiger partial charge on any atom is -0.369 e. The van der Waals surface area contributed by atoms with E-state index in [0.717, 1.165) is 62.1 Å². The maximum atomic E-state index is 13.4. The lowest BCUT2D eigenvalue weighted by atomic mass is 9.89. The van der Waals surface area contributed by atoms with E-state index in [1.165, 1.54) is 11.4 Å². The Bertz CT molecular complexity index is 1230. The highest BCUT2D eigenvalue weighted by molar-refractivity contribution is 5.94. The van der Waals surface area contributed by atoms with E-state index in [4.69, 9.17) is 0 Å². The smallest absolute Gasteiger partial charge is 0.274 e. The van der Waals surface area contributed by atoms with Crippen LogP contribution >= 0.6 is 0 Å². The Kier molecular flexibility index (Phi) is 6.92. The van der Waals surface area contributed by atoms with Gasteiger partial charge in [0.2, 0.25) is 0 Å². The molecule has 2 aromatic carbocycles. The number of fused-ring (bicyclic) bond motifs is 1. The van der Waals surface area contributed by atoms with E-state index in [1.807, 2.05) is 61.2 Å². The minimum atomic E-state index is -0.00446. The van der Waals surface area contributed by atoms with Gasteiger partial charge in [0, 0.05) is 75.4 Å². The zero-order valence-corrected chi connectivity index (χ0v) is 21.5. The average Bonchev–Trinajstić information content (AvgIpc) is 3.24. The van der Waals surface area contributed by atoms with Gasteiger partial charge in [0.1, 0.15) is 0 Å². The van der Waals surface area contributed by atoms with E-state index in [0.29, 0.717) is 18.3 Å². The van der Waals surface area contributed by atoms with Crippen LogP contribution in [0.1, 0.15) is 51.0 Å². The Labute approximate surface area is 213 Å². The second-order valence-electron chi connectivity index (χ2n) is 10.1. The largest absolute Gasteiger partial charge is 0.369 e. The molecule has 1 fully saturated rings. The Morgan fingerprint density at radius 1 is 1.00 bits per heavy atom. The molecule has 188 valence electrons. The molecule has 0 bridgehead atoms. The van der Waals surface area contributed by atoms with Crippen LogP contribution in [0.3, 0.4) is 0 Å². The first-order valence-electron chi connectivity index (χ1n) is 12.8. The number of aryl methyl sites for hydroxylation is 1. The van der Waals surface area contributed by atoms with Gasteiger partial charge in [-0.15, -0.1) is 0 Å². The van der Waals surface area contributed by atoms with Crippen LogP contribution in [0.25, 0.3) is 0 Å². The Balaban J connectivity index is 1.24. The quantitative estimate of drug-likeness (QED) is 0.500. The normalized spacial score (nSPS) is 18.1. The standard InChI is InChI=1S/C29H35N5O2/c1-21(35)23-9-11-24(12-10-23)33-15-17-34(18-16-33)25-13-14-27-26(19-25)28(30-32(27)3)29(36)31(2)20-22-7-5-4-6-8-22/h4-12,25H,13-20H2,1-3H3/t25-/m0/s1. The molecule has 1 atom stereocenters. The van der Waals surface area contributed by atoms with Gasteiger partial charge in [0.05, 0.1) is 0 Å². The van der Waals surface area contributed by atoms with Crippen molar-refractivity contribution in [3.05, 3.63) is 82.7 Å². The van der Waals surface area contributed by atoms with Crippen LogP contribution in [0.2, 0.25) is 0 Å². The third kappa shape index (κ3) is 4.93. The number of nitrogens with zero attached hydrogens (tertiary/aromatic N) is 5. The molecule has 1 aliphatic heterocycles.